The van der Waals surface area contributed by atoms with Gasteiger partial charge < -0.3 is 16.0 Å². The zero-order valence-corrected chi connectivity index (χ0v) is 16.1. The van der Waals surface area contributed by atoms with Crippen LogP contribution in [0, 0.1) is 0 Å². The van der Waals surface area contributed by atoms with Crippen LogP contribution in [-0.2, 0) is 4.79 Å². The van der Waals surface area contributed by atoms with Gasteiger partial charge in [0.1, 0.15) is 0 Å². The molecule has 1 saturated heterocycles. The van der Waals surface area contributed by atoms with Gasteiger partial charge in [0.15, 0.2) is 5.96 Å². The van der Waals surface area contributed by atoms with Gasteiger partial charge in [-0.15, -0.1) is 0 Å². The number of amides is 1. The predicted octanol–water partition coefficient (Wildman–Crippen LogP) is 1.86. The lowest BCUT2D eigenvalue weighted by Gasteiger charge is -2.23. The number of hydrogen-bond donors (Lipinski definition) is 3. The third kappa shape index (κ3) is 7.22. The molecule has 0 radical (unpaired) electrons. The van der Waals surface area contributed by atoms with E-state index in [1.165, 1.54) is 38.6 Å². The minimum Gasteiger partial charge on any atom is -0.357 e. The smallest absolute Gasteiger partial charge is 0.221 e. The molecule has 144 valence electrons. The van der Waals surface area contributed by atoms with Crippen molar-refractivity contribution in [2.24, 2.45) is 4.99 Å². The molecular formula is C19H37N5O. The Morgan fingerprint density at radius 3 is 2.60 bits per heavy atom. The maximum atomic E-state index is 12.1. The van der Waals surface area contributed by atoms with Crippen molar-refractivity contribution in [2.45, 2.75) is 77.3 Å². The molecule has 1 heterocycles. The van der Waals surface area contributed by atoms with Crippen LogP contribution in [0.5, 0.6) is 0 Å². The van der Waals surface area contributed by atoms with E-state index in [0.29, 0.717) is 25.0 Å². The SMILES string of the molecule is CCNC(=NCC1CCCN1CC)NCCC(=O)NC1CCCCC1. The summed E-state index contributed by atoms with van der Waals surface area (Å²) in [4.78, 5) is 19.3. The van der Waals surface area contributed by atoms with Crippen LogP contribution in [-0.4, -0.2) is 61.6 Å². The van der Waals surface area contributed by atoms with Crippen LogP contribution in [0.15, 0.2) is 4.99 Å². The van der Waals surface area contributed by atoms with Gasteiger partial charge in [-0.2, -0.15) is 0 Å². The third-order valence-electron chi connectivity index (χ3n) is 5.32. The van der Waals surface area contributed by atoms with E-state index in [9.17, 15) is 4.79 Å². The Kier molecular flexibility index (Phi) is 9.08. The molecule has 25 heavy (non-hydrogen) atoms. The topological polar surface area (TPSA) is 68.8 Å². The molecule has 0 bridgehead atoms. The van der Waals surface area contributed by atoms with Crippen molar-refractivity contribution in [2.75, 3.05) is 32.7 Å². The monoisotopic (exact) mass is 351 g/mol. The minimum atomic E-state index is 0.156. The molecule has 6 nitrogen and oxygen atoms in total. The second kappa shape index (κ2) is 11.3. The summed E-state index contributed by atoms with van der Waals surface area (Å²) in [5, 5.41) is 9.76. The number of aliphatic imine (C=N–C) groups is 1. The van der Waals surface area contributed by atoms with Gasteiger partial charge in [-0.25, -0.2) is 0 Å². The van der Waals surface area contributed by atoms with Crippen LogP contribution < -0.4 is 16.0 Å². The first-order valence-corrected chi connectivity index (χ1v) is 10.3. The maximum absolute atomic E-state index is 12.1. The molecule has 1 saturated carbocycles. The highest BCUT2D eigenvalue weighted by atomic mass is 16.1. The normalized spacial score (nSPS) is 22.8. The molecular weight excluding hydrogens is 314 g/mol. The van der Waals surface area contributed by atoms with Gasteiger partial charge in [-0.3, -0.25) is 14.7 Å². The third-order valence-corrected chi connectivity index (χ3v) is 5.32. The number of guanidine groups is 1. The molecule has 1 unspecified atom stereocenters. The fourth-order valence-electron chi connectivity index (χ4n) is 3.90. The molecule has 1 aliphatic heterocycles. The predicted molar refractivity (Wildman–Crippen MR) is 104 cm³/mol. The number of nitrogens with zero attached hydrogens (tertiary/aromatic N) is 2. The summed E-state index contributed by atoms with van der Waals surface area (Å²) in [6.07, 6.45) is 9.10. The molecule has 0 aromatic heterocycles. The highest BCUT2D eigenvalue weighted by Gasteiger charge is 2.22. The van der Waals surface area contributed by atoms with E-state index < -0.39 is 0 Å². The molecule has 2 rings (SSSR count). The van der Waals surface area contributed by atoms with Crippen LogP contribution in [0.1, 0.15) is 65.2 Å². The van der Waals surface area contributed by atoms with Gasteiger partial charge in [-0.05, 0) is 45.7 Å². The van der Waals surface area contributed by atoms with E-state index in [-0.39, 0.29) is 5.91 Å². The minimum absolute atomic E-state index is 0.156. The van der Waals surface area contributed by atoms with Gasteiger partial charge in [0, 0.05) is 31.6 Å². The van der Waals surface area contributed by atoms with Crippen LogP contribution in [0.2, 0.25) is 0 Å². The van der Waals surface area contributed by atoms with Crippen molar-refractivity contribution < 1.29 is 4.79 Å². The summed E-state index contributed by atoms with van der Waals surface area (Å²) in [6.45, 7) is 8.89. The molecule has 1 atom stereocenters. The molecule has 1 amide bonds. The number of hydrogen-bond acceptors (Lipinski definition) is 3. The molecule has 0 spiro atoms. The number of carbonyl (C=O) groups is 1. The van der Waals surface area contributed by atoms with E-state index in [4.69, 9.17) is 4.99 Å². The Morgan fingerprint density at radius 2 is 1.88 bits per heavy atom. The molecule has 0 aromatic carbocycles. The highest BCUT2D eigenvalue weighted by Crippen LogP contribution is 2.17. The summed E-state index contributed by atoms with van der Waals surface area (Å²) in [5.41, 5.74) is 0. The largest absolute Gasteiger partial charge is 0.357 e. The van der Waals surface area contributed by atoms with Crippen molar-refractivity contribution in [3.05, 3.63) is 0 Å². The Balaban J connectivity index is 1.69. The van der Waals surface area contributed by atoms with Crippen molar-refractivity contribution in [3.8, 4) is 0 Å². The highest BCUT2D eigenvalue weighted by molar-refractivity contribution is 5.81. The number of carbonyl (C=O) groups excluding carboxylic acids is 1. The van der Waals surface area contributed by atoms with Crippen LogP contribution >= 0.6 is 0 Å². The first kappa shape index (κ1) is 20.0. The number of likely N-dealkylation sites (N-methyl/N-ethyl adjacent to an activating group) is 1. The van der Waals surface area contributed by atoms with E-state index in [2.05, 4.69) is 34.7 Å². The first-order chi connectivity index (χ1) is 12.2. The summed E-state index contributed by atoms with van der Waals surface area (Å²) < 4.78 is 0. The number of nitrogens with one attached hydrogen (secondary N) is 3. The van der Waals surface area contributed by atoms with Crippen molar-refractivity contribution >= 4 is 11.9 Å². The fourth-order valence-corrected chi connectivity index (χ4v) is 3.90. The zero-order chi connectivity index (χ0) is 17.9. The van der Waals surface area contributed by atoms with E-state index in [0.717, 1.165) is 38.4 Å². The van der Waals surface area contributed by atoms with E-state index in [1.54, 1.807) is 0 Å². The molecule has 2 fully saturated rings. The van der Waals surface area contributed by atoms with Gasteiger partial charge in [-0.1, -0.05) is 26.2 Å². The first-order valence-electron chi connectivity index (χ1n) is 10.3. The standard InChI is InChI=1S/C19H37N5O/c1-3-20-19(22-15-17-11-8-14-24(17)4-2)21-13-12-18(25)23-16-9-6-5-7-10-16/h16-17H,3-15H2,1-2H3,(H,23,25)(H2,20,21,22). The molecule has 3 N–H and O–H groups in total. The van der Waals surface area contributed by atoms with Crippen molar-refractivity contribution in [1.29, 1.82) is 0 Å². The summed E-state index contributed by atoms with van der Waals surface area (Å²) in [5.74, 6) is 0.985. The van der Waals surface area contributed by atoms with Gasteiger partial charge in [0.25, 0.3) is 0 Å². The maximum Gasteiger partial charge on any atom is 0.221 e. The lowest BCUT2D eigenvalue weighted by atomic mass is 9.95. The Hall–Kier alpha value is -1.30. The van der Waals surface area contributed by atoms with Gasteiger partial charge in [0.2, 0.25) is 5.91 Å². The van der Waals surface area contributed by atoms with Crippen LogP contribution in [0.25, 0.3) is 0 Å². The Bertz CT molecular complexity index is 420. The molecule has 1 aliphatic carbocycles. The second-order valence-electron chi connectivity index (χ2n) is 7.22. The van der Waals surface area contributed by atoms with Crippen molar-refractivity contribution in [3.63, 3.8) is 0 Å². The number of rotatable bonds is 8. The molecule has 2 aliphatic rings. The molecule has 0 aromatic rings. The Labute approximate surface area is 153 Å². The van der Waals surface area contributed by atoms with Gasteiger partial charge >= 0.3 is 0 Å². The molecule has 6 heteroatoms. The van der Waals surface area contributed by atoms with Crippen molar-refractivity contribution in [1.82, 2.24) is 20.9 Å². The average molecular weight is 352 g/mol. The Morgan fingerprint density at radius 1 is 1.08 bits per heavy atom. The quantitative estimate of drug-likeness (QED) is 0.461. The lowest BCUT2D eigenvalue weighted by molar-refractivity contribution is -0.121. The van der Waals surface area contributed by atoms with Crippen LogP contribution in [0.4, 0.5) is 0 Å². The second-order valence-corrected chi connectivity index (χ2v) is 7.22. The van der Waals surface area contributed by atoms with Crippen LogP contribution in [0.3, 0.4) is 0 Å². The number of likely N-dealkylation sites (tertiary alicyclic amines) is 1. The van der Waals surface area contributed by atoms with E-state index in [1.807, 2.05) is 0 Å². The zero-order valence-electron chi connectivity index (χ0n) is 16.1. The average Bonchev–Trinajstić information content (AvgIpc) is 3.08. The summed E-state index contributed by atoms with van der Waals surface area (Å²) in [6, 6.07) is 0.959. The van der Waals surface area contributed by atoms with E-state index >= 15 is 0 Å². The lowest BCUT2D eigenvalue weighted by Crippen LogP contribution is -2.42. The summed E-state index contributed by atoms with van der Waals surface area (Å²) >= 11 is 0. The summed E-state index contributed by atoms with van der Waals surface area (Å²) in [7, 11) is 0. The fraction of sp³-hybridized carbons (Fsp3) is 0.895. The van der Waals surface area contributed by atoms with Gasteiger partial charge in [0.05, 0.1) is 6.54 Å².